The van der Waals surface area contributed by atoms with Gasteiger partial charge < -0.3 is 9.53 Å². The largest absolute Gasteiger partial charge is 0.493 e. The SMILES string of the molecule is Cc1ccc(C(C)(C)C)c(OCCC=O)c1. The number of carbonyl (C=O) groups is 1. The van der Waals surface area contributed by atoms with Crippen LogP contribution in [0.1, 0.15) is 38.3 Å². The van der Waals surface area contributed by atoms with Crippen LogP contribution in [-0.2, 0) is 10.2 Å². The summed E-state index contributed by atoms with van der Waals surface area (Å²) in [5.41, 5.74) is 2.42. The third kappa shape index (κ3) is 3.37. The van der Waals surface area contributed by atoms with Crippen molar-refractivity contribution in [1.29, 1.82) is 0 Å². The lowest BCUT2D eigenvalue weighted by Crippen LogP contribution is -2.14. The topological polar surface area (TPSA) is 26.3 Å². The second kappa shape index (κ2) is 5.15. The number of rotatable bonds is 4. The fourth-order valence-electron chi connectivity index (χ4n) is 1.59. The van der Waals surface area contributed by atoms with Gasteiger partial charge in [-0.3, -0.25) is 0 Å². The van der Waals surface area contributed by atoms with Crippen LogP contribution in [0.15, 0.2) is 18.2 Å². The first kappa shape index (κ1) is 12.8. The van der Waals surface area contributed by atoms with Gasteiger partial charge in [0, 0.05) is 6.42 Å². The summed E-state index contributed by atoms with van der Waals surface area (Å²) in [4.78, 5) is 10.3. The molecule has 1 aromatic rings. The van der Waals surface area contributed by atoms with Crippen LogP contribution >= 0.6 is 0 Å². The van der Waals surface area contributed by atoms with Gasteiger partial charge in [-0.1, -0.05) is 32.9 Å². The Labute approximate surface area is 97.6 Å². The third-order valence-electron chi connectivity index (χ3n) is 2.44. The van der Waals surface area contributed by atoms with E-state index in [1.807, 2.05) is 13.0 Å². The van der Waals surface area contributed by atoms with Crippen molar-refractivity contribution >= 4 is 6.29 Å². The first-order chi connectivity index (χ1) is 7.45. The summed E-state index contributed by atoms with van der Waals surface area (Å²) in [7, 11) is 0. The smallest absolute Gasteiger partial charge is 0.123 e. The molecule has 1 aromatic carbocycles. The maximum Gasteiger partial charge on any atom is 0.123 e. The molecular weight excluding hydrogens is 200 g/mol. The van der Waals surface area contributed by atoms with Crippen LogP contribution in [0.3, 0.4) is 0 Å². The zero-order valence-corrected chi connectivity index (χ0v) is 10.5. The Morgan fingerprint density at radius 2 is 2.00 bits per heavy atom. The highest BCUT2D eigenvalue weighted by atomic mass is 16.5. The van der Waals surface area contributed by atoms with Crippen molar-refractivity contribution in [3.05, 3.63) is 29.3 Å². The predicted molar refractivity (Wildman–Crippen MR) is 66.1 cm³/mol. The zero-order chi connectivity index (χ0) is 12.2. The number of aryl methyl sites for hydroxylation is 1. The molecule has 1 rings (SSSR count). The maximum absolute atomic E-state index is 10.3. The van der Waals surface area contributed by atoms with Crippen LogP contribution < -0.4 is 4.74 Å². The molecule has 0 fully saturated rings. The van der Waals surface area contributed by atoms with Gasteiger partial charge in [0.25, 0.3) is 0 Å². The van der Waals surface area contributed by atoms with E-state index in [4.69, 9.17) is 4.74 Å². The summed E-state index contributed by atoms with van der Waals surface area (Å²) in [6.07, 6.45) is 1.32. The Balaban J connectivity index is 2.94. The van der Waals surface area contributed by atoms with Crippen LogP contribution in [0, 0.1) is 6.92 Å². The van der Waals surface area contributed by atoms with Crippen LogP contribution in [0.5, 0.6) is 5.75 Å². The average Bonchev–Trinajstić information content (AvgIpc) is 2.16. The van der Waals surface area contributed by atoms with Gasteiger partial charge in [-0.2, -0.15) is 0 Å². The van der Waals surface area contributed by atoms with Gasteiger partial charge in [0.2, 0.25) is 0 Å². The molecule has 16 heavy (non-hydrogen) atoms. The molecule has 0 aliphatic heterocycles. The lowest BCUT2D eigenvalue weighted by molar-refractivity contribution is -0.108. The maximum atomic E-state index is 10.3. The minimum atomic E-state index is 0.0597. The van der Waals surface area contributed by atoms with Gasteiger partial charge in [0.1, 0.15) is 12.0 Å². The van der Waals surface area contributed by atoms with E-state index in [-0.39, 0.29) is 5.41 Å². The average molecular weight is 220 g/mol. The van der Waals surface area contributed by atoms with Gasteiger partial charge in [-0.05, 0) is 29.5 Å². The van der Waals surface area contributed by atoms with Crippen molar-refractivity contribution in [2.24, 2.45) is 0 Å². The fourth-order valence-corrected chi connectivity index (χ4v) is 1.59. The Morgan fingerprint density at radius 1 is 1.31 bits per heavy atom. The zero-order valence-electron chi connectivity index (χ0n) is 10.5. The molecule has 0 saturated heterocycles. The Morgan fingerprint density at radius 3 is 2.56 bits per heavy atom. The molecule has 0 spiro atoms. The summed E-state index contributed by atoms with van der Waals surface area (Å²) in [6.45, 7) is 8.97. The first-order valence-electron chi connectivity index (χ1n) is 5.62. The molecule has 0 unspecified atom stereocenters. The lowest BCUT2D eigenvalue weighted by atomic mass is 9.86. The van der Waals surface area contributed by atoms with E-state index < -0.39 is 0 Å². The molecular formula is C14H20O2. The summed E-state index contributed by atoms with van der Waals surface area (Å²) in [6, 6.07) is 6.23. The van der Waals surface area contributed by atoms with Crippen LogP contribution in [-0.4, -0.2) is 12.9 Å². The summed E-state index contributed by atoms with van der Waals surface area (Å²) in [5.74, 6) is 0.898. The third-order valence-corrected chi connectivity index (χ3v) is 2.44. The van der Waals surface area contributed by atoms with E-state index in [0.29, 0.717) is 13.0 Å². The van der Waals surface area contributed by atoms with E-state index >= 15 is 0 Å². The second-order valence-electron chi connectivity index (χ2n) is 5.05. The Kier molecular flexibility index (Phi) is 4.11. The van der Waals surface area contributed by atoms with Gasteiger partial charge in [0.05, 0.1) is 6.61 Å². The number of hydrogen-bond donors (Lipinski definition) is 0. The second-order valence-corrected chi connectivity index (χ2v) is 5.05. The van der Waals surface area contributed by atoms with E-state index in [1.54, 1.807) is 0 Å². The monoisotopic (exact) mass is 220 g/mol. The highest BCUT2D eigenvalue weighted by Crippen LogP contribution is 2.32. The highest BCUT2D eigenvalue weighted by molar-refractivity contribution is 5.49. The number of aldehydes is 1. The molecule has 0 bridgehead atoms. The minimum absolute atomic E-state index is 0.0597. The molecule has 0 heterocycles. The van der Waals surface area contributed by atoms with E-state index in [2.05, 4.69) is 32.9 Å². The van der Waals surface area contributed by atoms with Crippen LogP contribution in [0.4, 0.5) is 0 Å². The molecule has 0 atom stereocenters. The Bertz CT molecular complexity index is 361. The van der Waals surface area contributed by atoms with Crippen molar-refractivity contribution in [2.45, 2.75) is 39.5 Å². The molecule has 2 heteroatoms. The molecule has 0 aliphatic rings. The van der Waals surface area contributed by atoms with Gasteiger partial charge in [0.15, 0.2) is 0 Å². The van der Waals surface area contributed by atoms with Crippen molar-refractivity contribution in [3.63, 3.8) is 0 Å². The van der Waals surface area contributed by atoms with E-state index in [9.17, 15) is 4.79 Å². The van der Waals surface area contributed by atoms with Crippen molar-refractivity contribution in [2.75, 3.05) is 6.61 Å². The standard InChI is InChI=1S/C14H20O2/c1-11-6-7-12(14(2,3)4)13(10-11)16-9-5-8-15/h6-8,10H,5,9H2,1-4H3. The molecule has 0 aromatic heterocycles. The minimum Gasteiger partial charge on any atom is -0.493 e. The van der Waals surface area contributed by atoms with Crippen LogP contribution in [0.25, 0.3) is 0 Å². The molecule has 88 valence electrons. The van der Waals surface area contributed by atoms with E-state index in [1.165, 1.54) is 11.1 Å². The molecule has 2 nitrogen and oxygen atoms in total. The van der Waals surface area contributed by atoms with Gasteiger partial charge in [-0.25, -0.2) is 0 Å². The van der Waals surface area contributed by atoms with Gasteiger partial charge in [-0.15, -0.1) is 0 Å². The quantitative estimate of drug-likeness (QED) is 0.575. The number of carbonyl (C=O) groups excluding carboxylic acids is 1. The summed E-state index contributed by atoms with van der Waals surface area (Å²) >= 11 is 0. The van der Waals surface area contributed by atoms with Gasteiger partial charge >= 0.3 is 0 Å². The number of benzene rings is 1. The summed E-state index contributed by atoms with van der Waals surface area (Å²) in [5, 5.41) is 0. The van der Waals surface area contributed by atoms with Crippen molar-refractivity contribution in [1.82, 2.24) is 0 Å². The lowest BCUT2D eigenvalue weighted by Gasteiger charge is -2.23. The fraction of sp³-hybridized carbons (Fsp3) is 0.500. The Hall–Kier alpha value is -1.31. The van der Waals surface area contributed by atoms with Crippen molar-refractivity contribution in [3.8, 4) is 5.75 Å². The predicted octanol–water partition coefficient (Wildman–Crippen LogP) is 3.26. The van der Waals surface area contributed by atoms with Crippen molar-refractivity contribution < 1.29 is 9.53 Å². The molecule has 0 radical (unpaired) electrons. The molecule has 0 amide bonds. The van der Waals surface area contributed by atoms with E-state index in [0.717, 1.165) is 12.0 Å². The molecule has 0 saturated carbocycles. The summed E-state index contributed by atoms with van der Waals surface area (Å²) < 4.78 is 5.65. The normalized spacial score (nSPS) is 11.2. The van der Waals surface area contributed by atoms with Crippen LogP contribution in [0.2, 0.25) is 0 Å². The first-order valence-corrected chi connectivity index (χ1v) is 5.62. The molecule has 0 aliphatic carbocycles. The highest BCUT2D eigenvalue weighted by Gasteiger charge is 2.18. The number of ether oxygens (including phenoxy) is 1. The molecule has 0 N–H and O–H groups in total. The number of hydrogen-bond acceptors (Lipinski definition) is 2.